The highest BCUT2D eigenvalue weighted by atomic mass is 32.2. The molecule has 10 heteroatoms. The van der Waals surface area contributed by atoms with Gasteiger partial charge in [0.25, 0.3) is 5.91 Å². The Balaban J connectivity index is 1.32. The van der Waals surface area contributed by atoms with E-state index in [4.69, 9.17) is 4.74 Å². The first-order valence-corrected chi connectivity index (χ1v) is 12.7. The summed E-state index contributed by atoms with van der Waals surface area (Å²) < 4.78 is 6.80. The van der Waals surface area contributed by atoms with E-state index >= 15 is 0 Å². The zero-order valence-corrected chi connectivity index (χ0v) is 21.6. The van der Waals surface area contributed by atoms with Gasteiger partial charge in [-0.25, -0.2) is 9.36 Å². The minimum absolute atomic E-state index is 0.138. The van der Waals surface area contributed by atoms with Crippen molar-refractivity contribution in [3.05, 3.63) is 66.0 Å². The summed E-state index contributed by atoms with van der Waals surface area (Å²) in [7, 11) is 1.83. The number of pyridine rings is 1. The van der Waals surface area contributed by atoms with Gasteiger partial charge in [0.15, 0.2) is 12.4 Å². The molecule has 0 saturated carbocycles. The van der Waals surface area contributed by atoms with Crippen molar-refractivity contribution in [2.75, 3.05) is 6.54 Å². The average molecular weight is 512 g/mol. The number of esters is 1. The standard InChI is InChI=1S/C26H30N4O5S/c1-16(14-27-22(32)18-11-8-12-29(4)15-18)35-25(34)21-26(2,3)36-24-20(23(33)30(21)24)28-19(31)13-17-9-6-5-7-10-17/h5-12,15-16,20-21,24H,13-14H2,1-4H3,(H-,27,28,31,32)/p+1/t16?,20-,21?,24-/m1/s1. The van der Waals surface area contributed by atoms with E-state index < -0.39 is 28.9 Å². The number of rotatable bonds is 8. The molecule has 2 unspecified atom stereocenters. The van der Waals surface area contributed by atoms with Crippen LogP contribution in [-0.2, 0) is 32.6 Å². The number of benzene rings is 1. The van der Waals surface area contributed by atoms with Gasteiger partial charge in [0.05, 0.1) is 13.0 Å². The van der Waals surface area contributed by atoms with Crippen LogP contribution in [-0.4, -0.2) is 63.4 Å². The van der Waals surface area contributed by atoms with Gasteiger partial charge in [-0.2, -0.15) is 0 Å². The van der Waals surface area contributed by atoms with Crippen molar-refractivity contribution in [3.63, 3.8) is 0 Å². The Morgan fingerprint density at radius 3 is 2.58 bits per heavy atom. The summed E-state index contributed by atoms with van der Waals surface area (Å²) in [4.78, 5) is 52.4. The second-order valence-electron chi connectivity index (χ2n) is 9.68. The zero-order valence-electron chi connectivity index (χ0n) is 20.8. The van der Waals surface area contributed by atoms with Crippen LogP contribution < -0.4 is 15.2 Å². The van der Waals surface area contributed by atoms with Gasteiger partial charge in [0.2, 0.25) is 11.8 Å². The molecule has 2 saturated heterocycles. The van der Waals surface area contributed by atoms with Crippen molar-refractivity contribution < 1.29 is 28.5 Å². The monoisotopic (exact) mass is 511 g/mol. The van der Waals surface area contributed by atoms with Crippen LogP contribution in [0.5, 0.6) is 0 Å². The van der Waals surface area contributed by atoms with E-state index in [1.165, 1.54) is 16.7 Å². The van der Waals surface area contributed by atoms with Crippen molar-refractivity contribution in [2.24, 2.45) is 7.05 Å². The highest BCUT2D eigenvalue weighted by Crippen LogP contribution is 2.51. The Kier molecular flexibility index (Phi) is 7.35. The lowest BCUT2D eigenvalue weighted by molar-refractivity contribution is -0.671. The van der Waals surface area contributed by atoms with E-state index in [1.54, 1.807) is 29.8 Å². The smallest absolute Gasteiger partial charge is 0.330 e. The topological polar surface area (TPSA) is 109 Å². The van der Waals surface area contributed by atoms with Crippen molar-refractivity contribution in [1.29, 1.82) is 0 Å². The summed E-state index contributed by atoms with van der Waals surface area (Å²) in [5.41, 5.74) is 1.36. The fraction of sp³-hybridized carbons (Fsp3) is 0.423. The summed E-state index contributed by atoms with van der Waals surface area (Å²) in [6, 6.07) is 11.3. The molecule has 2 aliphatic heterocycles. The number of nitrogens with one attached hydrogen (secondary N) is 2. The molecule has 4 atom stereocenters. The maximum atomic E-state index is 13.1. The Labute approximate surface area is 214 Å². The lowest BCUT2D eigenvalue weighted by atomic mass is 9.95. The highest BCUT2D eigenvalue weighted by molar-refractivity contribution is 8.01. The maximum Gasteiger partial charge on any atom is 0.330 e. The number of thioether (sulfide) groups is 1. The van der Waals surface area contributed by atoms with Gasteiger partial charge >= 0.3 is 5.97 Å². The molecular weight excluding hydrogens is 480 g/mol. The fourth-order valence-corrected chi connectivity index (χ4v) is 6.12. The molecule has 0 radical (unpaired) electrons. The van der Waals surface area contributed by atoms with E-state index in [0.717, 1.165) is 5.56 Å². The normalized spacial score (nSPS) is 22.7. The zero-order chi connectivity index (χ0) is 26.0. The van der Waals surface area contributed by atoms with E-state index in [-0.39, 0.29) is 36.1 Å². The summed E-state index contributed by atoms with van der Waals surface area (Å²) in [6.45, 7) is 5.61. The number of aromatic nitrogens is 1. The molecule has 1 aromatic heterocycles. The Hall–Kier alpha value is -3.40. The largest absolute Gasteiger partial charge is 0.459 e. The number of ether oxygens (including phenoxy) is 1. The predicted molar refractivity (Wildman–Crippen MR) is 134 cm³/mol. The number of hydrogen-bond donors (Lipinski definition) is 2. The predicted octanol–water partition coefficient (Wildman–Crippen LogP) is 0.962. The third-order valence-corrected chi connectivity index (χ3v) is 7.83. The number of β-lactam (4-membered cyclic amide) rings is 1. The highest BCUT2D eigenvalue weighted by Gasteiger charge is 2.64. The SMILES string of the molecule is CC(CNC(=O)c1ccc[n+](C)c1)OC(=O)C1N2C(=O)[C@@H](NC(=O)Cc3ccccc3)[C@H]2SC1(C)C. The van der Waals surface area contributed by atoms with Gasteiger partial charge in [-0.15, -0.1) is 11.8 Å². The van der Waals surface area contributed by atoms with Gasteiger partial charge in [-0.3, -0.25) is 14.4 Å². The van der Waals surface area contributed by atoms with E-state index in [0.29, 0.717) is 5.56 Å². The van der Waals surface area contributed by atoms with Gasteiger partial charge in [0.1, 0.15) is 36.2 Å². The van der Waals surface area contributed by atoms with Crippen LogP contribution in [0.4, 0.5) is 0 Å². The molecule has 2 aliphatic rings. The molecular formula is C26H31N4O5S+. The van der Waals surface area contributed by atoms with Crippen molar-refractivity contribution >= 4 is 35.5 Å². The van der Waals surface area contributed by atoms with E-state index in [2.05, 4.69) is 10.6 Å². The number of hydrogen-bond acceptors (Lipinski definition) is 6. The van der Waals surface area contributed by atoms with Crippen LogP contribution in [0, 0.1) is 0 Å². The number of carbonyl (C=O) groups is 4. The van der Waals surface area contributed by atoms with Crippen LogP contribution in [0.15, 0.2) is 54.9 Å². The quantitative estimate of drug-likeness (QED) is 0.311. The summed E-state index contributed by atoms with van der Waals surface area (Å²) >= 11 is 1.48. The van der Waals surface area contributed by atoms with Crippen LogP contribution in [0.3, 0.4) is 0 Å². The van der Waals surface area contributed by atoms with Crippen LogP contribution >= 0.6 is 11.8 Å². The maximum absolute atomic E-state index is 13.1. The van der Waals surface area contributed by atoms with Gasteiger partial charge in [-0.05, 0) is 32.4 Å². The number of amides is 3. The number of fused-ring (bicyclic) bond motifs is 1. The van der Waals surface area contributed by atoms with Crippen molar-refractivity contribution in [1.82, 2.24) is 15.5 Å². The molecule has 0 bridgehead atoms. The van der Waals surface area contributed by atoms with E-state index in [1.807, 2.05) is 57.4 Å². The minimum Gasteiger partial charge on any atom is -0.459 e. The van der Waals surface area contributed by atoms with Gasteiger partial charge in [0, 0.05) is 10.8 Å². The third-order valence-electron chi connectivity index (χ3n) is 6.26. The molecule has 2 fully saturated rings. The molecule has 1 aromatic carbocycles. The molecule has 190 valence electrons. The van der Waals surface area contributed by atoms with Crippen molar-refractivity contribution in [2.45, 2.75) is 55.5 Å². The Morgan fingerprint density at radius 2 is 1.89 bits per heavy atom. The Bertz CT molecular complexity index is 1170. The molecule has 9 nitrogen and oxygen atoms in total. The van der Waals surface area contributed by atoms with Crippen LogP contribution in [0.2, 0.25) is 0 Å². The summed E-state index contributed by atoms with van der Waals surface area (Å²) in [6.07, 6.45) is 3.12. The first-order valence-electron chi connectivity index (χ1n) is 11.8. The molecule has 2 aromatic rings. The number of aryl methyl sites for hydroxylation is 1. The van der Waals surface area contributed by atoms with Crippen molar-refractivity contribution in [3.8, 4) is 0 Å². The van der Waals surface area contributed by atoms with Gasteiger partial charge in [-0.1, -0.05) is 30.3 Å². The second-order valence-corrected chi connectivity index (χ2v) is 11.5. The molecule has 0 aliphatic carbocycles. The minimum atomic E-state index is -0.784. The van der Waals surface area contributed by atoms with Crippen LogP contribution in [0.1, 0.15) is 36.7 Å². The first-order chi connectivity index (χ1) is 17.1. The number of nitrogens with zero attached hydrogens (tertiary/aromatic N) is 2. The fourth-order valence-electron chi connectivity index (χ4n) is 4.50. The lowest BCUT2D eigenvalue weighted by Gasteiger charge is -2.44. The lowest BCUT2D eigenvalue weighted by Crippen LogP contribution is -2.71. The summed E-state index contributed by atoms with van der Waals surface area (Å²) in [5, 5.41) is 5.26. The molecule has 0 spiro atoms. The Morgan fingerprint density at radius 1 is 1.17 bits per heavy atom. The third kappa shape index (κ3) is 5.38. The van der Waals surface area contributed by atoms with Crippen LogP contribution in [0.25, 0.3) is 0 Å². The molecule has 4 rings (SSSR count). The molecule has 3 heterocycles. The second kappa shape index (κ2) is 10.3. The van der Waals surface area contributed by atoms with Gasteiger partial charge < -0.3 is 20.3 Å². The average Bonchev–Trinajstić information content (AvgIpc) is 3.09. The van der Waals surface area contributed by atoms with E-state index in [9.17, 15) is 19.2 Å². The summed E-state index contributed by atoms with van der Waals surface area (Å²) in [5.74, 6) is -1.32. The molecule has 3 amide bonds. The first kappa shape index (κ1) is 25.7. The number of carbonyl (C=O) groups excluding carboxylic acids is 4. The molecule has 2 N–H and O–H groups in total. The molecule has 36 heavy (non-hydrogen) atoms.